The minimum atomic E-state index is -0.529. The number of aromatic hydroxyl groups is 1. The molecule has 2 N–H and O–H groups in total. The van der Waals surface area contributed by atoms with Crippen LogP contribution in [0.3, 0.4) is 0 Å². The third-order valence-electron chi connectivity index (χ3n) is 5.15. The lowest BCUT2D eigenvalue weighted by molar-refractivity contribution is -0.116. The Balaban J connectivity index is 1.82. The zero-order valence-electron chi connectivity index (χ0n) is 18.8. The van der Waals surface area contributed by atoms with Gasteiger partial charge in [-0.05, 0) is 74.1 Å². The Bertz CT molecular complexity index is 1030. The minimum Gasteiger partial charge on any atom is -0.508 e. The summed E-state index contributed by atoms with van der Waals surface area (Å²) in [4.78, 5) is 15.5. The van der Waals surface area contributed by atoms with Gasteiger partial charge in [-0.2, -0.15) is 0 Å². The van der Waals surface area contributed by atoms with Crippen molar-refractivity contribution in [1.82, 2.24) is 4.90 Å². The first-order valence-electron chi connectivity index (χ1n) is 10.7. The van der Waals surface area contributed by atoms with Crippen molar-refractivity contribution in [1.29, 1.82) is 0 Å². The van der Waals surface area contributed by atoms with Gasteiger partial charge in [0, 0.05) is 12.2 Å². The zero-order chi connectivity index (χ0) is 22.9. The second kappa shape index (κ2) is 11.2. The van der Waals surface area contributed by atoms with Crippen LogP contribution in [0.1, 0.15) is 24.0 Å². The van der Waals surface area contributed by atoms with Crippen LogP contribution in [0.25, 0.3) is 5.57 Å². The van der Waals surface area contributed by atoms with Crippen molar-refractivity contribution in [2.75, 3.05) is 32.6 Å². The second-order valence-corrected chi connectivity index (χ2v) is 7.80. The van der Waals surface area contributed by atoms with Crippen LogP contribution in [-0.4, -0.2) is 43.2 Å². The highest BCUT2D eigenvalue weighted by Gasteiger charge is 2.26. The van der Waals surface area contributed by atoms with Crippen molar-refractivity contribution in [3.05, 3.63) is 96.1 Å². The van der Waals surface area contributed by atoms with Gasteiger partial charge < -0.3 is 20.1 Å². The number of nitrogens with zero attached hydrogens (tertiary/aromatic N) is 1. The van der Waals surface area contributed by atoms with Crippen LogP contribution in [0.5, 0.6) is 11.5 Å². The quantitative estimate of drug-likeness (QED) is 0.492. The van der Waals surface area contributed by atoms with Crippen LogP contribution >= 0.6 is 0 Å². The number of amides is 1. The van der Waals surface area contributed by atoms with E-state index in [0.717, 1.165) is 29.0 Å². The summed E-state index contributed by atoms with van der Waals surface area (Å²) in [6, 6.07) is 24.0. The number of phenolic OH excluding ortho intramolecular Hbond substituents is 1. The second-order valence-electron chi connectivity index (χ2n) is 7.80. The number of rotatable bonds is 9. The summed E-state index contributed by atoms with van der Waals surface area (Å²) in [5, 5.41) is 12.7. The van der Waals surface area contributed by atoms with Gasteiger partial charge in [0.1, 0.15) is 18.1 Å². The molecule has 5 nitrogen and oxygen atoms in total. The third kappa shape index (κ3) is 6.22. The molecule has 0 aliphatic carbocycles. The molecule has 0 aliphatic rings. The van der Waals surface area contributed by atoms with Crippen molar-refractivity contribution < 1.29 is 14.6 Å². The van der Waals surface area contributed by atoms with E-state index in [9.17, 15) is 9.90 Å². The van der Waals surface area contributed by atoms with Gasteiger partial charge in [0.2, 0.25) is 5.91 Å². The van der Waals surface area contributed by atoms with Gasteiger partial charge in [-0.3, -0.25) is 4.79 Å². The number of nitrogens with one attached hydrogen (secondary N) is 1. The van der Waals surface area contributed by atoms with Gasteiger partial charge in [-0.15, -0.1) is 0 Å². The van der Waals surface area contributed by atoms with E-state index in [1.165, 1.54) is 0 Å². The van der Waals surface area contributed by atoms with Crippen molar-refractivity contribution in [2.45, 2.75) is 12.8 Å². The highest BCUT2D eigenvalue weighted by atomic mass is 16.5. The summed E-state index contributed by atoms with van der Waals surface area (Å²) >= 11 is 0. The van der Waals surface area contributed by atoms with Crippen LogP contribution < -0.4 is 10.1 Å². The summed E-state index contributed by atoms with van der Waals surface area (Å²) in [5.41, 5.74) is 3.38. The zero-order valence-corrected chi connectivity index (χ0v) is 18.8. The molecule has 0 radical (unpaired) electrons. The first-order chi connectivity index (χ1) is 15.5. The van der Waals surface area contributed by atoms with Crippen LogP contribution in [0.2, 0.25) is 0 Å². The predicted molar refractivity (Wildman–Crippen MR) is 130 cm³/mol. The number of carbonyl (C=O) groups excluding carboxylic acids is 1. The molecule has 5 heteroatoms. The Morgan fingerprint density at radius 3 is 2.25 bits per heavy atom. The number of carbonyl (C=O) groups is 1. The highest BCUT2D eigenvalue weighted by Crippen LogP contribution is 2.34. The van der Waals surface area contributed by atoms with Gasteiger partial charge in [-0.25, -0.2) is 0 Å². The molecular weight excluding hydrogens is 400 g/mol. The smallest absolute Gasteiger partial charge is 0.236 e. The molecule has 0 heterocycles. The Labute approximate surface area is 190 Å². The van der Waals surface area contributed by atoms with Gasteiger partial charge in [0.15, 0.2) is 0 Å². The monoisotopic (exact) mass is 430 g/mol. The fraction of sp³-hybridized carbons (Fsp3) is 0.222. The number of hydrogen-bond donors (Lipinski definition) is 2. The van der Waals surface area contributed by atoms with Crippen LogP contribution in [0.15, 0.2) is 84.9 Å². The molecule has 3 aromatic rings. The summed E-state index contributed by atoms with van der Waals surface area (Å²) in [6.45, 7) is 3.37. The van der Waals surface area contributed by atoms with Gasteiger partial charge in [0.05, 0.1) is 5.92 Å². The largest absolute Gasteiger partial charge is 0.508 e. The van der Waals surface area contributed by atoms with E-state index in [-0.39, 0.29) is 11.7 Å². The lowest BCUT2D eigenvalue weighted by atomic mass is 9.85. The molecule has 0 saturated carbocycles. The maximum Gasteiger partial charge on any atom is 0.236 e. The van der Waals surface area contributed by atoms with Gasteiger partial charge in [0.25, 0.3) is 0 Å². The molecule has 0 aliphatic heterocycles. The molecule has 0 bridgehead atoms. The molecule has 0 fully saturated rings. The van der Waals surface area contributed by atoms with Gasteiger partial charge >= 0.3 is 0 Å². The van der Waals surface area contributed by atoms with E-state index in [2.05, 4.69) is 10.2 Å². The molecule has 32 heavy (non-hydrogen) atoms. The van der Waals surface area contributed by atoms with E-state index in [4.69, 9.17) is 4.74 Å². The maximum absolute atomic E-state index is 13.5. The number of allylic oxidation sites excluding steroid dienone is 1. The fourth-order valence-electron chi connectivity index (χ4n) is 3.46. The Morgan fingerprint density at radius 1 is 1.00 bits per heavy atom. The maximum atomic E-state index is 13.5. The van der Waals surface area contributed by atoms with E-state index < -0.39 is 5.92 Å². The van der Waals surface area contributed by atoms with E-state index in [0.29, 0.717) is 12.3 Å². The summed E-state index contributed by atoms with van der Waals surface area (Å²) in [5.74, 6) is 0.255. The number of phenols is 1. The molecule has 1 atom stereocenters. The molecule has 3 aromatic carbocycles. The van der Waals surface area contributed by atoms with Crippen molar-refractivity contribution in [3.8, 4) is 11.5 Å². The first-order valence-corrected chi connectivity index (χ1v) is 10.7. The van der Waals surface area contributed by atoms with Crippen LogP contribution in [0, 0.1) is 0 Å². The Morgan fingerprint density at radius 2 is 1.66 bits per heavy atom. The van der Waals surface area contributed by atoms with Crippen molar-refractivity contribution >= 4 is 17.2 Å². The molecule has 166 valence electrons. The topological polar surface area (TPSA) is 61.8 Å². The average molecular weight is 431 g/mol. The minimum absolute atomic E-state index is 0.145. The van der Waals surface area contributed by atoms with E-state index >= 15 is 0 Å². The average Bonchev–Trinajstić information content (AvgIpc) is 2.79. The van der Waals surface area contributed by atoms with E-state index in [1.54, 1.807) is 24.3 Å². The fourth-order valence-corrected chi connectivity index (χ4v) is 3.46. The molecule has 0 spiro atoms. The summed E-state index contributed by atoms with van der Waals surface area (Å²) < 4.78 is 5.73. The molecule has 0 aromatic heterocycles. The van der Waals surface area contributed by atoms with Crippen molar-refractivity contribution in [2.24, 2.45) is 0 Å². The standard InChI is InChI=1S/C27H30N2O3/c1-4-25(20-8-6-5-7-9-20)26(21-10-14-23(30)15-11-21)27(31)28-22-12-16-24(17-13-22)32-19-18-29(2)3/h4-17,26,30H,18-19H2,1-3H3,(H,28,31)/b25-4+. The molecule has 1 unspecified atom stereocenters. The highest BCUT2D eigenvalue weighted by molar-refractivity contribution is 6.04. The Hall–Kier alpha value is -3.57. The SMILES string of the molecule is C/C=C(\c1ccccc1)C(C(=O)Nc1ccc(OCCN(C)C)cc1)c1ccc(O)cc1. The molecule has 1 amide bonds. The predicted octanol–water partition coefficient (Wildman–Crippen LogP) is 5.16. The van der Waals surface area contributed by atoms with Crippen LogP contribution in [0.4, 0.5) is 5.69 Å². The number of benzene rings is 3. The number of anilines is 1. The van der Waals surface area contributed by atoms with Gasteiger partial charge in [-0.1, -0.05) is 48.5 Å². The normalized spacial score (nSPS) is 12.4. The summed E-state index contributed by atoms with van der Waals surface area (Å²) in [7, 11) is 4.00. The number of likely N-dealkylation sites (N-methyl/N-ethyl adjacent to an activating group) is 1. The third-order valence-corrected chi connectivity index (χ3v) is 5.15. The number of ether oxygens (including phenoxy) is 1. The summed E-state index contributed by atoms with van der Waals surface area (Å²) in [6.07, 6.45) is 1.97. The molecule has 0 saturated heterocycles. The van der Waals surface area contributed by atoms with E-state index in [1.807, 2.05) is 81.7 Å². The molecular formula is C27H30N2O3. The lowest BCUT2D eigenvalue weighted by Gasteiger charge is -2.21. The van der Waals surface area contributed by atoms with Crippen LogP contribution in [-0.2, 0) is 4.79 Å². The lowest BCUT2D eigenvalue weighted by Crippen LogP contribution is -2.22. The molecule has 3 rings (SSSR count). The first kappa shape index (κ1) is 23.1. The number of hydrogen-bond acceptors (Lipinski definition) is 4. The Kier molecular flexibility index (Phi) is 8.06. The van der Waals surface area contributed by atoms with Crippen molar-refractivity contribution in [3.63, 3.8) is 0 Å².